The molecule has 1 saturated heterocycles. The van der Waals surface area contributed by atoms with Crippen molar-refractivity contribution in [3.05, 3.63) is 47.5 Å². The number of aromatic nitrogens is 3. The zero-order valence-corrected chi connectivity index (χ0v) is 17.5. The number of hydrogen-bond acceptors (Lipinski definition) is 8. The van der Waals surface area contributed by atoms with Crippen molar-refractivity contribution < 1.29 is 18.9 Å². The van der Waals surface area contributed by atoms with Crippen molar-refractivity contribution in [3.8, 4) is 11.5 Å². The van der Waals surface area contributed by atoms with Crippen LogP contribution in [0.2, 0.25) is 0 Å². The smallest absolute Gasteiger partial charge is 0.162 e. The molecular weight excluding hydrogens is 384 g/mol. The molecule has 1 N–H and O–H groups in total. The van der Waals surface area contributed by atoms with Crippen molar-refractivity contribution in [2.45, 2.75) is 26.5 Å². The van der Waals surface area contributed by atoms with Gasteiger partial charge in [0.05, 0.1) is 32.4 Å². The Morgan fingerprint density at radius 3 is 2.80 bits per heavy atom. The zero-order valence-electron chi connectivity index (χ0n) is 17.5. The number of fused-ring (bicyclic) bond motifs is 1. The van der Waals surface area contributed by atoms with Gasteiger partial charge in [0.1, 0.15) is 24.4 Å². The van der Waals surface area contributed by atoms with Crippen LogP contribution in [0.4, 0.5) is 5.82 Å². The van der Waals surface area contributed by atoms with Crippen molar-refractivity contribution >= 4 is 16.7 Å². The van der Waals surface area contributed by atoms with E-state index < -0.39 is 0 Å². The molecule has 158 valence electrons. The van der Waals surface area contributed by atoms with E-state index in [0.717, 1.165) is 28.0 Å². The van der Waals surface area contributed by atoms with E-state index in [2.05, 4.69) is 20.3 Å². The number of anilines is 1. The number of pyridine rings is 1. The van der Waals surface area contributed by atoms with Crippen molar-refractivity contribution in [1.29, 1.82) is 0 Å². The van der Waals surface area contributed by atoms with E-state index in [1.165, 1.54) is 0 Å². The molecule has 0 spiro atoms. The highest BCUT2D eigenvalue weighted by molar-refractivity contribution is 5.91. The fourth-order valence-electron chi connectivity index (χ4n) is 3.38. The molecule has 0 unspecified atom stereocenters. The topological polar surface area (TPSA) is 87.6 Å². The van der Waals surface area contributed by atoms with Crippen LogP contribution in [0.5, 0.6) is 11.5 Å². The average molecular weight is 410 g/mol. The van der Waals surface area contributed by atoms with Crippen LogP contribution in [0.1, 0.15) is 17.1 Å². The predicted octanol–water partition coefficient (Wildman–Crippen LogP) is 3.06. The maximum atomic E-state index is 6.02. The molecule has 0 amide bonds. The van der Waals surface area contributed by atoms with Gasteiger partial charge >= 0.3 is 0 Å². The monoisotopic (exact) mass is 410 g/mol. The summed E-state index contributed by atoms with van der Waals surface area (Å²) in [5, 5.41) is 4.29. The molecule has 0 bridgehead atoms. The van der Waals surface area contributed by atoms with E-state index >= 15 is 0 Å². The zero-order chi connectivity index (χ0) is 20.9. The van der Waals surface area contributed by atoms with E-state index in [0.29, 0.717) is 50.3 Å². The lowest BCUT2D eigenvalue weighted by Crippen LogP contribution is -2.33. The lowest BCUT2D eigenvalue weighted by molar-refractivity contribution is -0.101. The molecule has 1 aliphatic heterocycles. The van der Waals surface area contributed by atoms with Gasteiger partial charge in [-0.1, -0.05) is 0 Å². The van der Waals surface area contributed by atoms with Crippen LogP contribution in [0.3, 0.4) is 0 Å². The molecule has 1 atom stereocenters. The lowest BCUT2D eigenvalue weighted by Gasteiger charge is -2.23. The molecule has 8 nitrogen and oxygen atoms in total. The minimum absolute atomic E-state index is 0.0963. The van der Waals surface area contributed by atoms with Gasteiger partial charge in [-0.3, -0.25) is 4.98 Å². The van der Waals surface area contributed by atoms with E-state index in [4.69, 9.17) is 18.9 Å². The molecule has 8 heteroatoms. The van der Waals surface area contributed by atoms with Gasteiger partial charge in [-0.2, -0.15) is 0 Å². The Morgan fingerprint density at radius 2 is 2.03 bits per heavy atom. The summed E-state index contributed by atoms with van der Waals surface area (Å²) in [7, 11) is 1.62. The van der Waals surface area contributed by atoms with E-state index in [1.54, 1.807) is 7.11 Å². The number of nitrogens with one attached hydrogen (secondary N) is 1. The van der Waals surface area contributed by atoms with Crippen LogP contribution in [0.15, 0.2) is 30.5 Å². The fourth-order valence-corrected chi connectivity index (χ4v) is 3.38. The molecular formula is C22H26N4O4. The number of nitrogens with zero attached hydrogens (tertiary/aromatic N) is 3. The summed E-state index contributed by atoms with van der Waals surface area (Å²) in [4.78, 5) is 13.4. The summed E-state index contributed by atoms with van der Waals surface area (Å²) in [5.74, 6) is 2.67. The fraction of sp³-hybridized carbons (Fsp3) is 0.409. The maximum absolute atomic E-state index is 6.02. The van der Waals surface area contributed by atoms with Crippen molar-refractivity contribution in [1.82, 2.24) is 15.0 Å². The summed E-state index contributed by atoms with van der Waals surface area (Å²) >= 11 is 0. The minimum atomic E-state index is -0.0963. The van der Waals surface area contributed by atoms with Gasteiger partial charge in [0.25, 0.3) is 0 Å². The van der Waals surface area contributed by atoms with Crippen LogP contribution in [0.25, 0.3) is 10.9 Å². The highest BCUT2D eigenvalue weighted by Crippen LogP contribution is 2.34. The van der Waals surface area contributed by atoms with Crippen LogP contribution in [-0.2, 0) is 16.0 Å². The van der Waals surface area contributed by atoms with E-state index in [1.807, 2.05) is 44.3 Å². The molecule has 3 aromatic rings. The molecule has 1 aromatic carbocycles. The van der Waals surface area contributed by atoms with Crippen LogP contribution >= 0.6 is 0 Å². The first kappa shape index (κ1) is 20.3. The number of benzene rings is 1. The first-order valence-electron chi connectivity index (χ1n) is 9.96. The Balaban J connectivity index is 1.60. The largest absolute Gasteiger partial charge is 0.493 e. The molecule has 0 aliphatic carbocycles. The Labute approximate surface area is 175 Å². The molecule has 1 aliphatic rings. The van der Waals surface area contributed by atoms with Gasteiger partial charge in [-0.15, -0.1) is 0 Å². The maximum Gasteiger partial charge on any atom is 0.162 e. The second-order valence-corrected chi connectivity index (χ2v) is 7.18. The van der Waals surface area contributed by atoms with Crippen molar-refractivity contribution in [2.75, 3.05) is 38.9 Å². The number of rotatable bonds is 7. The second-order valence-electron chi connectivity index (χ2n) is 7.18. The summed E-state index contributed by atoms with van der Waals surface area (Å²) < 4.78 is 22.7. The standard InChI is InChI=1S/C22H26N4O4/c1-14-8-16(4-5-23-14)11-24-22-18-9-21(30-13-17-12-28-6-7-29-17)20(27-3)10-19(18)25-15(2)26-22/h4-5,8-10,17H,6-7,11-13H2,1-3H3,(H,24,25,26)/t17-/m0/s1. The van der Waals surface area contributed by atoms with Crippen molar-refractivity contribution in [3.63, 3.8) is 0 Å². The number of hydrogen-bond donors (Lipinski definition) is 1. The first-order valence-corrected chi connectivity index (χ1v) is 9.96. The Hall–Kier alpha value is -2.97. The lowest BCUT2D eigenvalue weighted by atomic mass is 10.2. The van der Waals surface area contributed by atoms with Crippen LogP contribution < -0.4 is 14.8 Å². The summed E-state index contributed by atoms with van der Waals surface area (Å²) in [6.07, 6.45) is 1.71. The molecule has 1 fully saturated rings. The Kier molecular flexibility index (Phi) is 6.25. The molecule has 0 radical (unpaired) electrons. The van der Waals surface area contributed by atoms with Gasteiger partial charge < -0.3 is 24.3 Å². The summed E-state index contributed by atoms with van der Waals surface area (Å²) in [5.41, 5.74) is 2.90. The van der Waals surface area contributed by atoms with E-state index in [9.17, 15) is 0 Å². The van der Waals surface area contributed by atoms with Gasteiger partial charge in [-0.05, 0) is 37.6 Å². The first-order chi connectivity index (χ1) is 14.6. The second kappa shape index (κ2) is 9.23. The average Bonchev–Trinajstić information content (AvgIpc) is 2.76. The number of aryl methyl sites for hydroxylation is 2. The van der Waals surface area contributed by atoms with E-state index in [-0.39, 0.29) is 6.10 Å². The van der Waals surface area contributed by atoms with Gasteiger partial charge in [0, 0.05) is 29.9 Å². The van der Waals surface area contributed by atoms with Crippen LogP contribution in [0, 0.1) is 13.8 Å². The quantitative estimate of drug-likeness (QED) is 0.636. The Bertz CT molecular complexity index is 1020. The molecule has 0 saturated carbocycles. The third-order valence-electron chi connectivity index (χ3n) is 4.82. The molecule has 2 aromatic heterocycles. The van der Waals surface area contributed by atoms with Gasteiger partial charge in [0.2, 0.25) is 0 Å². The molecule has 30 heavy (non-hydrogen) atoms. The van der Waals surface area contributed by atoms with Gasteiger partial charge in [0.15, 0.2) is 11.5 Å². The highest BCUT2D eigenvalue weighted by Gasteiger charge is 2.18. The molecule has 3 heterocycles. The normalized spacial score (nSPS) is 16.4. The van der Waals surface area contributed by atoms with Crippen molar-refractivity contribution in [2.24, 2.45) is 0 Å². The molecule has 4 rings (SSSR count). The SMILES string of the molecule is COc1cc2nc(C)nc(NCc3ccnc(C)c3)c2cc1OC[C@@H]1COCCO1. The number of methoxy groups -OCH3 is 1. The summed E-state index contributed by atoms with van der Waals surface area (Å²) in [6, 6.07) is 7.82. The van der Waals surface area contributed by atoms with Crippen LogP contribution in [-0.4, -0.2) is 54.6 Å². The van der Waals surface area contributed by atoms with Gasteiger partial charge in [-0.25, -0.2) is 9.97 Å². The third kappa shape index (κ3) is 4.77. The predicted molar refractivity (Wildman–Crippen MR) is 113 cm³/mol. The highest BCUT2D eigenvalue weighted by atomic mass is 16.6. The third-order valence-corrected chi connectivity index (χ3v) is 4.82. The number of ether oxygens (including phenoxy) is 4. The minimum Gasteiger partial charge on any atom is -0.493 e. The summed E-state index contributed by atoms with van der Waals surface area (Å²) in [6.45, 7) is 6.59. The Morgan fingerprint density at radius 1 is 1.13 bits per heavy atom.